The third-order valence-electron chi connectivity index (χ3n) is 5.34. The third kappa shape index (κ3) is 4.70. The molecule has 1 N–H and O–H groups in total. The monoisotopic (exact) mass is 419 g/mol. The minimum atomic E-state index is -3.70. The summed E-state index contributed by atoms with van der Waals surface area (Å²) >= 11 is 0. The molecule has 0 unspecified atom stereocenters. The highest BCUT2D eigenvalue weighted by Crippen LogP contribution is 2.24. The van der Waals surface area contributed by atoms with Gasteiger partial charge in [0.15, 0.2) is 5.76 Å². The first-order chi connectivity index (χ1) is 13.5. The van der Waals surface area contributed by atoms with Gasteiger partial charge in [0, 0.05) is 24.7 Å². The number of aryl methyl sites for hydroxylation is 2. The molecule has 0 radical (unpaired) electrons. The lowest BCUT2D eigenvalue weighted by molar-refractivity contribution is 0.0711. The summed E-state index contributed by atoms with van der Waals surface area (Å²) in [6, 6.07) is 7.51. The average Bonchev–Trinajstić information content (AvgIpc) is 3.00. The maximum absolute atomic E-state index is 12.8. The Bertz CT molecular complexity index is 960. The average molecular weight is 420 g/mol. The van der Waals surface area contributed by atoms with Gasteiger partial charge >= 0.3 is 0 Å². The number of carbonyl (C=O) groups is 1. The highest BCUT2D eigenvalue weighted by Gasteiger charge is 2.30. The van der Waals surface area contributed by atoms with E-state index in [0.29, 0.717) is 37.2 Å². The number of piperidine rings is 1. The van der Waals surface area contributed by atoms with Crippen molar-refractivity contribution in [3.05, 3.63) is 46.8 Å². The summed E-state index contributed by atoms with van der Waals surface area (Å²) < 4.78 is 33.0. The lowest BCUT2D eigenvalue weighted by atomic mass is 9.86. The van der Waals surface area contributed by atoms with E-state index in [2.05, 4.69) is 30.6 Å². The zero-order valence-electron chi connectivity index (χ0n) is 17.7. The fourth-order valence-electron chi connectivity index (χ4n) is 3.63. The molecule has 158 valence electrons. The van der Waals surface area contributed by atoms with E-state index < -0.39 is 10.0 Å². The first kappa shape index (κ1) is 21.5. The van der Waals surface area contributed by atoms with Crippen LogP contribution in [0.2, 0.25) is 0 Å². The predicted molar refractivity (Wildman–Crippen MR) is 110 cm³/mol. The minimum absolute atomic E-state index is 0.0162. The highest BCUT2D eigenvalue weighted by molar-refractivity contribution is 7.89. The van der Waals surface area contributed by atoms with Gasteiger partial charge in [-0.2, -0.15) is 0 Å². The van der Waals surface area contributed by atoms with Crippen LogP contribution >= 0.6 is 0 Å². The first-order valence-corrected chi connectivity index (χ1v) is 11.3. The number of rotatable bonds is 4. The van der Waals surface area contributed by atoms with Crippen molar-refractivity contribution in [2.45, 2.75) is 63.8 Å². The predicted octanol–water partition coefficient (Wildman–Crippen LogP) is 3.17. The molecule has 2 aromatic rings. The van der Waals surface area contributed by atoms with E-state index in [4.69, 9.17) is 4.52 Å². The molecule has 1 amide bonds. The Morgan fingerprint density at radius 3 is 2.21 bits per heavy atom. The van der Waals surface area contributed by atoms with E-state index in [0.717, 1.165) is 0 Å². The molecular weight excluding hydrogens is 390 g/mol. The van der Waals surface area contributed by atoms with Crippen LogP contribution in [-0.2, 0) is 15.4 Å². The fourth-order valence-corrected chi connectivity index (χ4v) is 5.27. The summed E-state index contributed by atoms with van der Waals surface area (Å²) in [6.07, 6.45) is 1.13. The van der Waals surface area contributed by atoms with Crippen LogP contribution in [0, 0.1) is 13.8 Å². The van der Waals surface area contributed by atoms with Gasteiger partial charge in [0.05, 0.1) is 0 Å². The second-order valence-corrected chi connectivity index (χ2v) is 10.3. The molecule has 1 fully saturated rings. The molecule has 1 aliphatic rings. The van der Waals surface area contributed by atoms with E-state index in [-0.39, 0.29) is 28.0 Å². The number of nitrogens with one attached hydrogen (secondary N) is 1. The minimum Gasteiger partial charge on any atom is -0.360 e. The van der Waals surface area contributed by atoms with Crippen LogP contribution in [0.1, 0.15) is 61.0 Å². The summed E-state index contributed by atoms with van der Waals surface area (Å²) in [5.41, 5.74) is 2.23. The van der Waals surface area contributed by atoms with Gasteiger partial charge in [-0.25, -0.2) is 13.1 Å². The normalized spacial score (nSPS) is 16.2. The van der Waals surface area contributed by atoms with E-state index in [1.165, 1.54) is 5.56 Å². The number of likely N-dealkylation sites (tertiary alicyclic amines) is 1. The van der Waals surface area contributed by atoms with E-state index in [9.17, 15) is 13.2 Å². The largest absolute Gasteiger partial charge is 0.360 e. The fraction of sp³-hybridized carbons (Fsp3) is 0.524. The van der Waals surface area contributed by atoms with Crippen LogP contribution in [0.25, 0.3) is 0 Å². The van der Waals surface area contributed by atoms with Crippen LogP contribution in [0.4, 0.5) is 0 Å². The molecule has 29 heavy (non-hydrogen) atoms. The van der Waals surface area contributed by atoms with Crippen molar-refractivity contribution in [1.82, 2.24) is 14.8 Å². The Morgan fingerprint density at radius 1 is 1.14 bits per heavy atom. The molecule has 0 aliphatic carbocycles. The van der Waals surface area contributed by atoms with Crippen molar-refractivity contribution < 1.29 is 17.7 Å². The van der Waals surface area contributed by atoms with Gasteiger partial charge in [0.1, 0.15) is 10.6 Å². The third-order valence-corrected chi connectivity index (χ3v) is 7.10. The van der Waals surface area contributed by atoms with Crippen molar-refractivity contribution >= 4 is 15.9 Å². The van der Waals surface area contributed by atoms with Gasteiger partial charge in [-0.1, -0.05) is 38.1 Å². The van der Waals surface area contributed by atoms with Crippen molar-refractivity contribution in [2.75, 3.05) is 13.1 Å². The Hall–Kier alpha value is -2.19. The molecule has 7 nitrogen and oxygen atoms in total. The van der Waals surface area contributed by atoms with Gasteiger partial charge in [-0.05, 0) is 49.8 Å². The molecule has 8 heteroatoms. The standard InChI is InChI=1S/C21H29N3O4S/c1-14-19(15(2)28-22-14)29(26,27)23-18-10-12-24(13-11-18)20(25)16-6-8-17(9-7-16)21(3,4)5/h6-9,18,23H,10-13H2,1-5H3. The quantitative estimate of drug-likeness (QED) is 0.822. The van der Waals surface area contributed by atoms with Crippen LogP contribution < -0.4 is 4.72 Å². The van der Waals surface area contributed by atoms with Gasteiger partial charge in [0.25, 0.3) is 5.91 Å². The molecule has 1 aromatic heterocycles. The van der Waals surface area contributed by atoms with E-state index in [1.807, 2.05) is 24.3 Å². The molecule has 0 spiro atoms. The summed E-state index contributed by atoms with van der Waals surface area (Å²) in [5.74, 6) is 0.263. The van der Waals surface area contributed by atoms with E-state index >= 15 is 0 Å². The van der Waals surface area contributed by atoms with E-state index in [1.54, 1.807) is 18.7 Å². The van der Waals surface area contributed by atoms with Crippen molar-refractivity contribution in [3.63, 3.8) is 0 Å². The number of sulfonamides is 1. The number of nitrogens with zero attached hydrogens (tertiary/aromatic N) is 2. The van der Waals surface area contributed by atoms with Crippen molar-refractivity contribution in [2.24, 2.45) is 0 Å². The molecular formula is C21H29N3O4S. The Kier molecular flexibility index (Phi) is 5.87. The van der Waals surface area contributed by atoms with Crippen LogP contribution in [0.5, 0.6) is 0 Å². The Labute approximate surface area is 172 Å². The van der Waals surface area contributed by atoms with Crippen molar-refractivity contribution in [1.29, 1.82) is 0 Å². The topological polar surface area (TPSA) is 92.5 Å². The van der Waals surface area contributed by atoms with Crippen LogP contribution in [-0.4, -0.2) is 43.5 Å². The number of hydrogen-bond acceptors (Lipinski definition) is 5. The summed E-state index contributed by atoms with van der Waals surface area (Å²) in [6.45, 7) is 10.6. The molecule has 0 saturated carbocycles. The maximum atomic E-state index is 12.8. The number of hydrogen-bond donors (Lipinski definition) is 1. The Balaban J connectivity index is 1.61. The lowest BCUT2D eigenvalue weighted by Gasteiger charge is -2.32. The van der Waals surface area contributed by atoms with Crippen LogP contribution in [0.15, 0.2) is 33.7 Å². The van der Waals surface area contributed by atoms with Gasteiger partial charge in [-0.15, -0.1) is 0 Å². The summed E-state index contributed by atoms with van der Waals surface area (Å²) in [7, 11) is -3.70. The van der Waals surface area contributed by atoms with Crippen LogP contribution in [0.3, 0.4) is 0 Å². The molecule has 1 aromatic carbocycles. The summed E-state index contributed by atoms with van der Waals surface area (Å²) in [4.78, 5) is 14.7. The Morgan fingerprint density at radius 2 is 1.72 bits per heavy atom. The smallest absolute Gasteiger partial charge is 0.253 e. The maximum Gasteiger partial charge on any atom is 0.253 e. The molecule has 3 rings (SSSR count). The molecule has 1 aliphatic heterocycles. The molecule has 0 bridgehead atoms. The molecule has 2 heterocycles. The number of aromatic nitrogens is 1. The van der Waals surface area contributed by atoms with Gasteiger partial charge in [0.2, 0.25) is 10.0 Å². The van der Waals surface area contributed by atoms with Crippen molar-refractivity contribution in [3.8, 4) is 0 Å². The highest BCUT2D eigenvalue weighted by atomic mass is 32.2. The second kappa shape index (κ2) is 7.91. The zero-order chi connectivity index (χ0) is 21.4. The number of carbonyl (C=O) groups excluding carboxylic acids is 1. The lowest BCUT2D eigenvalue weighted by Crippen LogP contribution is -2.46. The van der Waals surface area contributed by atoms with Gasteiger partial charge < -0.3 is 9.42 Å². The molecule has 0 atom stereocenters. The van der Waals surface area contributed by atoms with Gasteiger partial charge in [-0.3, -0.25) is 4.79 Å². The molecule has 1 saturated heterocycles. The number of benzene rings is 1. The summed E-state index contributed by atoms with van der Waals surface area (Å²) in [5, 5.41) is 3.72. The number of amides is 1. The second-order valence-electron chi connectivity index (χ2n) is 8.67. The zero-order valence-corrected chi connectivity index (χ0v) is 18.5. The SMILES string of the molecule is Cc1noc(C)c1S(=O)(=O)NC1CCN(C(=O)c2ccc(C(C)(C)C)cc2)CC1. The first-order valence-electron chi connectivity index (χ1n) is 9.84.